The number of aryl methyl sites for hydroxylation is 2. The third-order valence-corrected chi connectivity index (χ3v) is 7.18. The van der Waals surface area contributed by atoms with Crippen LogP contribution in [0.4, 0.5) is 0 Å². The molecule has 0 radical (unpaired) electrons. The van der Waals surface area contributed by atoms with Gasteiger partial charge in [-0.05, 0) is 85.9 Å². The Bertz CT molecular complexity index is 993. The van der Waals surface area contributed by atoms with Gasteiger partial charge in [-0.25, -0.2) is 0 Å². The van der Waals surface area contributed by atoms with Crippen LogP contribution in [0, 0.1) is 25.7 Å². The predicted molar refractivity (Wildman–Crippen MR) is 137 cm³/mol. The van der Waals surface area contributed by atoms with Gasteiger partial charge in [0.05, 0.1) is 7.11 Å². The summed E-state index contributed by atoms with van der Waals surface area (Å²) in [6.07, 6.45) is 3.12. The number of methoxy groups -OCH3 is 1. The van der Waals surface area contributed by atoms with Crippen molar-refractivity contribution in [2.24, 2.45) is 11.8 Å². The lowest BCUT2D eigenvalue weighted by Crippen LogP contribution is -2.48. The van der Waals surface area contributed by atoms with Crippen molar-refractivity contribution in [2.45, 2.75) is 59.4 Å². The van der Waals surface area contributed by atoms with Gasteiger partial charge >= 0.3 is 0 Å². The number of carbonyl (C=O) groups is 2. The molecule has 1 fully saturated rings. The zero-order valence-electron chi connectivity index (χ0n) is 21.6. The van der Waals surface area contributed by atoms with Gasteiger partial charge in [0.2, 0.25) is 5.91 Å². The first-order valence-corrected chi connectivity index (χ1v) is 12.4. The normalized spacial score (nSPS) is 15.3. The van der Waals surface area contributed by atoms with E-state index in [2.05, 4.69) is 32.9 Å². The van der Waals surface area contributed by atoms with Crippen LogP contribution in [0.2, 0.25) is 0 Å². The Hall–Kier alpha value is -2.82. The van der Waals surface area contributed by atoms with Crippen LogP contribution in [-0.2, 0) is 11.2 Å². The molecule has 2 amide bonds. The molecule has 1 aliphatic heterocycles. The summed E-state index contributed by atoms with van der Waals surface area (Å²) in [5.74, 6) is 1.80. The first kappa shape index (κ1) is 25.8. The van der Waals surface area contributed by atoms with Crippen molar-refractivity contribution in [3.63, 3.8) is 0 Å². The molecule has 0 aliphatic carbocycles. The SMILES string of the molecule is COc1cccc(C[C@H](C2CCN(C(=O)c3ccc(C)c(C)c3)CC2)N(C)C(=O)CC(C)C)c1. The first-order chi connectivity index (χ1) is 16.2. The molecule has 0 saturated carbocycles. The molecule has 2 aromatic carbocycles. The van der Waals surface area contributed by atoms with Crippen LogP contribution < -0.4 is 4.74 Å². The molecule has 5 heteroatoms. The fourth-order valence-electron chi connectivity index (χ4n) is 4.88. The minimum absolute atomic E-state index is 0.0947. The summed E-state index contributed by atoms with van der Waals surface area (Å²) < 4.78 is 5.42. The largest absolute Gasteiger partial charge is 0.497 e. The molecule has 0 unspecified atom stereocenters. The van der Waals surface area contributed by atoms with Gasteiger partial charge in [0.25, 0.3) is 5.91 Å². The van der Waals surface area contributed by atoms with Gasteiger partial charge in [-0.15, -0.1) is 0 Å². The van der Waals surface area contributed by atoms with Crippen molar-refractivity contribution < 1.29 is 14.3 Å². The number of likely N-dealkylation sites (N-methyl/N-ethyl adjacent to an activating group) is 1. The standard InChI is InChI=1S/C29H40N2O3/c1-20(2)16-28(32)30(5)27(19-23-8-7-9-26(18-23)34-6)24-12-14-31(15-13-24)29(33)25-11-10-21(3)22(4)17-25/h7-11,17-18,20,24,27H,12-16,19H2,1-6H3/t27-/m1/s1. The van der Waals surface area contributed by atoms with Gasteiger partial charge in [-0.1, -0.05) is 32.0 Å². The molecular weight excluding hydrogens is 424 g/mol. The Morgan fingerprint density at radius 2 is 1.76 bits per heavy atom. The van der Waals surface area contributed by atoms with E-state index in [0.29, 0.717) is 18.3 Å². The predicted octanol–water partition coefficient (Wildman–Crippen LogP) is 5.28. The van der Waals surface area contributed by atoms with Crippen molar-refractivity contribution in [1.82, 2.24) is 9.80 Å². The molecule has 1 atom stereocenters. The van der Waals surface area contributed by atoms with Crippen LogP contribution in [0.5, 0.6) is 5.75 Å². The van der Waals surface area contributed by atoms with E-state index in [-0.39, 0.29) is 17.9 Å². The minimum atomic E-state index is 0.0947. The van der Waals surface area contributed by atoms with Gasteiger partial charge in [-0.2, -0.15) is 0 Å². The topological polar surface area (TPSA) is 49.9 Å². The van der Waals surface area contributed by atoms with Crippen LogP contribution in [0.1, 0.15) is 60.2 Å². The van der Waals surface area contributed by atoms with Crippen LogP contribution in [0.15, 0.2) is 42.5 Å². The van der Waals surface area contributed by atoms with Crippen molar-refractivity contribution in [1.29, 1.82) is 0 Å². The third kappa shape index (κ3) is 6.40. The third-order valence-electron chi connectivity index (χ3n) is 7.18. The van der Waals surface area contributed by atoms with Gasteiger partial charge < -0.3 is 14.5 Å². The summed E-state index contributed by atoms with van der Waals surface area (Å²) in [6.45, 7) is 9.72. The average Bonchev–Trinajstić information content (AvgIpc) is 2.83. The summed E-state index contributed by atoms with van der Waals surface area (Å²) in [7, 11) is 3.62. The molecule has 0 bridgehead atoms. The summed E-state index contributed by atoms with van der Waals surface area (Å²) >= 11 is 0. The number of ether oxygens (including phenoxy) is 1. The van der Waals surface area contributed by atoms with E-state index >= 15 is 0 Å². The maximum atomic E-state index is 13.1. The summed E-state index contributed by atoms with van der Waals surface area (Å²) in [4.78, 5) is 30.1. The number of rotatable bonds is 8. The van der Waals surface area contributed by atoms with E-state index in [0.717, 1.165) is 49.2 Å². The minimum Gasteiger partial charge on any atom is -0.497 e. The number of hydrogen-bond acceptors (Lipinski definition) is 3. The van der Waals surface area contributed by atoms with E-state index in [1.54, 1.807) is 7.11 Å². The smallest absolute Gasteiger partial charge is 0.253 e. The number of piperidine rings is 1. The molecule has 34 heavy (non-hydrogen) atoms. The molecule has 184 valence electrons. The number of nitrogens with zero attached hydrogens (tertiary/aromatic N) is 2. The molecule has 3 rings (SSSR count). The van der Waals surface area contributed by atoms with Crippen LogP contribution in [0.3, 0.4) is 0 Å². The maximum absolute atomic E-state index is 13.1. The zero-order chi connectivity index (χ0) is 24.8. The quantitative estimate of drug-likeness (QED) is 0.534. The highest BCUT2D eigenvalue weighted by molar-refractivity contribution is 5.94. The Balaban J connectivity index is 1.73. The molecule has 0 spiro atoms. The molecule has 1 saturated heterocycles. The number of likely N-dealkylation sites (tertiary alicyclic amines) is 1. The van der Waals surface area contributed by atoms with E-state index in [1.807, 2.05) is 54.1 Å². The van der Waals surface area contributed by atoms with Gasteiger partial charge in [-0.3, -0.25) is 9.59 Å². The Morgan fingerprint density at radius 1 is 1.06 bits per heavy atom. The van der Waals surface area contributed by atoms with Crippen LogP contribution in [-0.4, -0.2) is 54.9 Å². The van der Waals surface area contributed by atoms with Crippen LogP contribution >= 0.6 is 0 Å². The zero-order valence-corrected chi connectivity index (χ0v) is 21.6. The molecular formula is C29H40N2O3. The number of benzene rings is 2. The average molecular weight is 465 g/mol. The maximum Gasteiger partial charge on any atom is 0.253 e. The van der Waals surface area contributed by atoms with Gasteiger partial charge in [0.1, 0.15) is 5.75 Å². The second-order valence-corrected chi connectivity index (χ2v) is 10.2. The molecule has 1 heterocycles. The lowest BCUT2D eigenvalue weighted by molar-refractivity contribution is -0.134. The van der Waals surface area contributed by atoms with Crippen molar-refractivity contribution in [3.8, 4) is 5.75 Å². The lowest BCUT2D eigenvalue weighted by atomic mass is 9.84. The fraction of sp³-hybridized carbons (Fsp3) is 0.517. The van der Waals surface area contributed by atoms with Crippen molar-refractivity contribution in [2.75, 3.05) is 27.2 Å². The molecule has 1 aliphatic rings. The Morgan fingerprint density at radius 3 is 2.38 bits per heavy atom. The Kier molecular flexibility index (Phi) is 8.76. The van der Waals surface area contributed by atoms with E-state index in [9.17, 15) is 9.59 Å². The molecule has 5 nitrogen and oxygen atoms in total. The second-order valence-electron chi connectivity index (χ2n) is 10.2. The summed E-state index contributed by atoms with van der Waals surface area (Å²) in [5, 5.41) is 0. The number of amides is 2. The lowest BCUT2D eigenvalue weighted by Gasteiger charge is -2.40. The highest BCUT2D eigenvalue weighted by atomic mass is 16.5. The fourth-order valence-corrected chi connectivity index (χ4v) is 4.88. The molecule has 0 aromatic heterocycles. The van der Waals surface area contributed by atoms with Gasteiger partial charge in [0, 0.05) is 38.2 Å². The number of carbonyl (C=O) groups excluding carboxylic acids is 2. The van der Waals surface area contributed by atoms with Crippen LogP contribution in [0.25, 0.3) is 0 Å². The highest BCUT2D eigenvalue weighted by Gasteiger charge is 2.33. The van der Waals surface area contributed by atoms with Crippen molar-refractivity contribution in [3.05, 3.63) is 64.7 Å². The van der Waals surface area contributed by atoms with Gasteiger partial charge in [0.15, 0.2) is 0 Å². The molecule has 0 N–H and O–H groups in total. The second kappa shape index (κ2) is 11.5. The van der Waals surface area contributed by atoms with E-state index in [1.165, 1.54) is 11.1 Å². The summed E-state index contributed by atoms with van der Waals surface area (Å²) in [6, 6.07) is 14.2. The van der Waals surface area contributed by atoms with E-state index in [4.69, 9.17) is 4.74 Å². The number of hydrogen-bond donors (Lipinski definition) is 0. The van der Waals surface area contributed by atoms with E-state index < -0.39 is 0 Å². The van der Waals surface area contributed by atoms with Crippen molar-refractivity contribution >= 4 is 11.8 Å². The molecule has 2 aromatic rings. The monoisotopic (exact) mass is 464 g/mol. The Labute approximate surface area is 205 Å². The first-order valence-electron chi connectivity index (χ1n) is 12.4. The highest BCUT2D eigenvalue weighted by Crippen LogP contribution is 2.29. The summed E-state index contributed by atoms with van der Waals surface area (Å²) in [5.41, 5.74) is 4.27.